The molecule has 2 aromatic heterocycles. The number of rotatable bonds is 4. The molecule has 1 aliphatic rings. The van der Waals surface area contributed by atoms with E-state index in [1.807, 2.05) is 30.3 Å². The Labute approximate surface area is 169 Å². The van der Waals surface area contributed by atoms with Crippen LogP contribution in [0, 0.1) is 0 Å². The highest BCUT2D eigenvalue weighted by molar-refractivity contribution is 5.81. The molecular weight excluding hydrogens is 362 g/mol. The van der Waals surface area contributed by atoms with Gasteiger partial charge in [-0.15, -0.1) is 0 Å². The van der Waals surface area contributed by atoms with E-state index in [2.05, 4.69) is 40.7 Å². The molecule has 0 bridgehead atoms. The molecule has 3 heterocycles. The van der Waals surface area contributed by atoms with Gasteiger partial charge in [-0.1, -0.05) is 36.9 Å². The summed E-state index contributed by atoms with van der Waals surface area (Å²) in [6, 6.07) is 18.2. The van der Waals surface area contributed by atoms with Crippen LogP contribution < -0.4 is 4.90 Å². The monoisotopic (exact) mass is 383 g/mol. The quantitative estimate of drug-likeness (QED) is 0.430. The highest BCUT2D eigenvalue weighted by Gasteiger charge is 2.22. The van der Waals surface area contributed by atoms with Crippen LogP contribution in [0.2, 0.25) is 0 Å². The Morgan fingerprint density at radius 1 is 1.14 bits per heavy atom. The fourth-order valence-corrected chi connectivity index (χ4v) is 3.86. The van der Waals surface area contributed by atoms with Crippen molar-refractivity contribution in [2.24, 2.45) is 0 Å². The van der Waals surface area contributed by atoms with Crippen molar-refractivity contribution >= 4 is 28.4 Å². The molecule has 0 amide bonds. The number of methoxy groups -OCH3 is 1. The second-order valence-corrected chi connectivity index (χ2v) is 7.09. The lowest BCUT2D eigenvalue weighted by Gasteiger charge is -2.30. The summed E-state index contributed by atoms with van der Waals surface area (Å²) >= 11 is 0. The van der Waals surface area contributed by atoms with E-state index in [4.69, 9.17) is 14.1 Å². The van der Waals surface area contributed by atoms with Gasteiger partial charge in [-0.05, 0) is 42.7 Å². The second kappa shape index (κ2) is 7.09. The maximum atomic E-state index is 5.97. The van der Waals surface area contributed by atoms with Gasteiger partial charge in [0.05, 0.1) is 12.7 Å². The molecule has 0 spiro atoms. The van der Waals surface area contributed by atoms with Crippen LogP contribution >= 0.6 is 0 Å². The van der Waals surface area contributed by atoms with Gasteiger partial charge >= 0.3 is 0 Å². The van der Waals surface area contributed by atoms with Gasteiger partial charge in [0.15, 0.2) is 5.58 Å². The number of anilines is 2. The molecule has 0 N–H and O–H groups in total. The Bertz CT molecular complexity index is 1180. The molecule has 0 saturated heterocycles. The molecule has 0 atom stereocenters. The standard InChI is InChI=1S/C24H21N3O2/c1-16(28-2)18-14-23(27-13-7-9-17-8-3-5-11-21(17)27)25-15-19(18)24-26-20-10-4-6-12-22(20)29-24/h3-6,8,10-12,14-15H,1,7,9,13H2,2H3. The maximum absolute atomic E-state index is 5.97. The van der Waals surface area contributed by atoms with Gasteiger partial charge in [0.25, 0.3) is 0 Å². The summed E-state index contributed by atoms with van der Waals surface area (Å²) in [6.07, 6.45) is 3.98. The minimum absolute atomic E-state index is 0.512. The van der Waals surface area contributed by atoms with Crippen LogP contribution in [0.4, 0.5) is 11.5 Å². The molecule has 0 fully saturated rings. The Kier molecular flexibility index (Phi) is 4.28. The number of hydrogen-bond acceptors (Lipinski definition) is 5. The third-order valence-electron chi connectivity index (χ3n) is 5.35. The van der Waals surface area contributed by atoms with Crippen molar-refractivity contribution in [1.29, 1.82) is 0 Å². The van der Waals surface area contributed by atoms with Crippen molar-refractivity contribution in [3.05, 3.63) is 78.5 Å². The van der Waals surface area contributed by atoms with Crippen LogP contribution in [0.25, 0.3) is 28.3 Å². The fraction of sp³-hybridized carbons (Fsp3) is 0.167. The number of aryl methyl sites for hydroxylation is 1. The van der Waals surface area contributed by atoms with Crippen LogP contribution in [-0.4, -0.2) is 23.6 Å². The lowest BCUT2D eigenvalue weighted by Crippen LogP contribution is -2.25. The van der Waals surface area contributed by atoms with E-state index in [9.17, 15) is 0 Å². The van der Waals surface area contributed by atoms with Gasteiger partial charge in [0.1, 0.15) is 17.1 Å². The Hall–Kier alpha value is -3.60. The number of oxazole rings is 1. The van der Waals surface area contributed by atoms with E-state index in [0.717, 1.165) is 47.4 Å². The normalized spacial score (nSPS) is 13.3. The van der Waals surface area contributed by atoms with Crippen molar-refractivity contribution in [2.45, 2.75) is 12.8 Å². The lowest BCUT2D eigenvalue weighted by atomic mass is 10.0. The third-order valence-corrected chi connectivity index (χ3v) is 5.35. The van der Waals surface area contributed by atoms with Crippen molar-refractivity contribution in [1.82, 2.24) is 9.97 Å². The van der Waals surface area contributed by atoms with Crippen LogP contribution in [0.3, 0.4) is 0 Å². The van der Waals surface area contributed by atoms with Gasteiger partial charge in [-0.2, -0.15) is 0 Å². The molecular formula is C24H21N3O2. The zero-order chi connectivity index (χ0) is 19.8. The molecule has 1 aliphatic heterocycles. The average Bonchev–Trinajstić information content (AvgIpc) is 3.22. The number of fused-ring (bicyclic) bond motifs is 2. The van der Waals surface area contributed by atoms with E-state index < -0.39 is 0 Å². The minimum atomic E-state index is 0.512. The Morgan fingerprint density at radius 3 is 2.83 bits per heavy atom. The van der Waals surface area contributed by atoms with Crippen LogP contribution in [0.5, 0.6) is 0 Å². The first-order valence-electron chi connectivity index (χ1n) is 9.69. The number of hydrogen-bond donors (Lipinski definition) is 0. The largest absolute Gasteiger partial charge is 0.497 e. The SMILES string of the molecule is C=C(OC)c1cc(N2CCCc3ccccc32)ncc1-c1nc2ccccc2o1. The van der Waals surface area contributed by atoms with Gasteiger partial charge < -0.3 is 14.1 Å². The van der Waals surface area contributed by atoms with Crippen molar-refractivity contribution in [3.8, 4) is 11.5 Å². The average molecular weight is 383 g/mol. The summed E-state index contributed by atoms with van der Waals surface area (Å²) in [5.74, 6) is 1.93. The molecule has 0 unspecified atom stereocenters. The number of pyridine rings is 1. The van der Waals surface area contributed by atoms with Crippen molar-refractivity contribution in [2.75, 3.05) is 18.6 Å². The molecule has 29 heavy (non-hydrogen) atoms. The summed E-state index contributed by atoms with van der Waals surface area (Å²) in [5.41, 5.74) is 5.69. The number of aromatic nitrogens is 2. The molecule has 5 heteroatoms. The zero-order valence-electron chi connectivity index (χ0n) is 16.3. The summed E-state index contributed by atoms with van der Waals surface area (Å²) in [4.78, 5) is 11.6. The van der Waals surface area contributed by atoms with Gasteiger partial charge in [0.2, 0.25) is 5.89 Å². The number of ether oxygens (including phenoxy) is 1. The highest BCUT2D eigenvalue weighted by Crippen LogP contribution is 2.36. The third kappa shape index (κ3) is 3.05. The lowest BCUT2D eigenvalue weighted by molar-refractivity contribution is 0.371. The van der Waals surface area contributed by atoms with Crippen LogP contribution in [0.1, 0.15) is 17.5 Å². The van der Waals surface area contributed by atoms with Crippen LogP contribution in [0.15, 0.2) is 71.8 Å². The molecule has 4 aromatic rings. The maximum Gasteiger partial charge on any atom is 0.229 e. The first-order valence-corrected chi connectivity index (χ1v) is 9.69. The molecule has 5 rings (SSSR count). The number of nitrogens with zero attached hydrogens (tertiary/aromatic N) is 3. The number of para-hydroxylation sites is 3. The van der Waals surface area contributed by atoms with Crippen LogP contribution in [-0.2, 0) is 11.2 Å². The Balaban J connectivity index is 1.63. The predicted octanol–water partition coefficient (Wildman–Crippen LogP) is 5.59. The van der Waals surface area contributed by atoms with E-state index >= 15 is 0 Å². The van der Waals surface area contributed by atoms with Gasteiger partial charge in [-0.25, -0.2) is 9.97 Å². The molecule has 0 radical (unpaired) electrons. The van der Waals surface area contributed by atoms with E-state index in [1.54, 1.807) is 13.3 Å². The predicted molar refractivity (Wildman–Crippen MR) is 115 cm³/mol. The molecule has 0 aliphatic carbocycles. The fourth-order valence-electron chi connectivity index (χ4n) is 3.86. The molecule has 0 saturated carbocycles. The molecule has 5 nitrogen and oxygen atoms in total. The summed E-state index contributed by atoms with van der Waals surface area (Å²) in [6.45, 7) is 5.00. The smallest absolute Gasteiger partial charge is 0.229 e. The summed E-state index contributed by atoms with van der Waals surface area (Å²) < 4.78 is 11.4. The first kappa shape index (κ1) is 17.5. The van der Waals surface area contributed by atoms with E-state index in [-0.39, 0.29) is 0 Å². The first-order chi connectivity index (χ1) is 14.2. The van der Waals surface area contributed by atoms with E-state index in [1.165, 1.54) is 11.3 Å². The molecule has 2 aromatic carbocycles. The van der Waals surface area contributed by atoms with E-state index in [0.29, 0.717) is 11.6 Å². The second-order valence-electron chi connectivity index (χ2n) is 7.09. The van der Waals surface area contributed by atoms with Gasteiger partial charge in [0, 0.05) is 24.0 Å². The highest BCUT2D eigenvalue weighted by atomic mass is 16.5. The topological polar surface area (TPSA) is 51.4 Å². The minimum Gasteiger partial charge on any atom is -0.497 e. The van der Waals surface area contributed by atoms with Crippen molar-refractivity contribution < 1.29 is 9.15 Å². The molecule has 144 valence electrons. The summed E-state index contributed by atoms with van der Waals surface area (Å²) in [7, 11) is 1.62. The zero-order valence-corrected chi connectivity index (χ0v) is 16.3. The van der Waals surface area contributed by atoms with Gasteiger partial charge in [-0.3, -0.25) is 0 Å². The van der Waals surface area contributed by atoms with Crippen molar-refractivity contribution in [3.63, 3.8) is 0 Å². The Morgan fingerprint density at radius 2 is 1.97 bits per heavy atom. The number of benzene rings is 2. The summed E-state index contributed by atoms with van der Waals surface area (Å²) in [5, 5.41) is 0.